The number of rotatable bonds is 3. The molecule has 1 fully saturated rings. The van der Waals surface area contributed by atoms with Gasteiger partial charge in [-0.05, 0) is 48.4 Å². The van der Waals surface area contributed by atoms with E-state index in [4.69, 9.17) is 9.47 Å². The van der Waals surface area contributed by atoms with Crippen LogP contribution in [0.25, 0.3) is 0 Å². The quantitative estimate of drug-likeness (QED) is 0.857. The number of methoxy groups -OCH3 is 2. The predicted octanol–water partition coefficient (Wildman–Crippen LogP) is 2.29. The molecule has 0 spiro atoms. The zero-order chi connectivity index (χ0) is 15.0. The van der Waals surface area contributed by atoms with Gasteiger partial charge >= 0.3 is 0 Å². The fourth-order valence-corrected chi connectivity index (χ4v) is 3.17. The van der Waals surface area contributed by atoms with Crippen LogP contribution in [0.3, 0.4) is 0 Å². The second-order valence-electron chi connectivity index (χ2n) is 6.12. The Bertz CT molecular complexity index is 520. The highest BCUT2D eigenvalue weighted by Gasteiger charge is 2.41. The lowest BCUT2D eigenvalue weighted by Crippen LogP contribution is -2.34. The lowest BCUT2D eigenvalue weighted by Gasteiger charge is -2.20. The van der Waals surface area contributed by atoms with Crippen LogP contribution in [-0.4, -0.2) is 38.1 Å². The van der Waals surface area contributed by atoms with Gasteiger partial charge in [-0.15, -0.1) is 0 Å². The predicted molar refractivity (Wildman–Crippen MR) is 80.8 cm³/mol. The molecule has 0 bridgehead atoms. The summed E-state index contributed by atoms with van der Waals surface area (Å²) in [7, 11) is 3.32. The average Bonchev–Trinajstić information content (AvgIpc) is 3.26. The Morgan fingerprint density at radius 3 is 1.95 bits per heavy atom. The van der Waals surface area contributed by atoms with Crippen molar-refractivity contribution < 1.29 is 14.3 Å². The van der Waals surface area contributed by atoms with Gasteiger partial charge in [0.2, 0.25) is 5.91 Å². The Hall–Kier alpha value is -1.71. The van der Waals surface area contributed by atoms with Crippen LogP contribution >= 0.6 is 0 Å². The van der Waals surface area contributed by atoms with Crippen LogP contribution in [0.5, 0.6) is 11.5 Å². The van der Waals surface area contributed by atoms with Crippen molar-refractivity contribution in [1.29, 1.82) is 0 Å². The van der Waals surface area contributed by atoms with Crippen molar-refractivity contribution >= 4 is 5.91 Å². The largest absolute Gasteiger partial charge is 0.493 e. The SMILES string of the molecule is COc1cc2c(cc1OC)CCN(C(=O)C1CC1C)CC2. The monoisotopic (exact) mass is 289 g/mol. The van der Waals surface area contributed by atoms with Crippen LogP contribution in [0.4, 0.5) is 0 Å². The van der Waals surface area contributed by atoms with E-state index >= 15 is 0 Å². The van der Waals surface area contributed by atoms with Gasteiger partial charge in [0.1, 0.15) is 0 Å². The molecule has 1 aliphatic heterocycles. The molecule has 21 heavy (non-hydrogen) atoms. The van der Waals surface area contributed by atoms with Crippen molar-refractivity contribution in [3.8, 4) is 11.5 Å². The molecule has 2 unspecified atom stereocenters. The first-order chi connectivity index (χ1) is 10.1. The normalized spacial score (nSPS) is 24.0. The van der Waals surface area contributed by atoms with Gasteiger partial charge in [0.15, 0.2) is 11.5 Å². The van der Waals surface area contributed by atoms with Gasteiger partial charge in [-0.25, -0.2) is 0 Å². The number of carbonyl (C=O) groups is 1. The second kappa shape index (κ2) is 5.58. The number of benzene rings is 1. The summed E-state index contributed by atoms with van der Waals surface area (Å²) >= 11 is 0. The lowest BCUT2D eigenvalue weighted by molar-refractivity contribution is -0.132. The fourth-order valence-electron chi connectivity index (χ4n) is 3.17. The second-order valence-corrected chi connectivity index (χ2v) is 6.12. The minimum Gasteiger partial charge on any atom is -0.493 e. The first-order valence-corrected chi connectivity index (χ1v) is 7.66. The average molecular weight is 289 g/mol. The standard InChI is InChI=1S/C17H23NO3/c1-11-8-14(11)17(19)18-6-4-12-9-15(20-2)16(21-3)10-13(12)5-7-18/h9-11,14H,4-8H2,1-3H3. The van der Waals surface area contributed by atoms with E-state index in [-0.39, 0.29) is 5.92 Å². The lowest BCUT2D eigenvalue weighted by atomic mass is 10.0. The van der Waals surface area contributed by atoms with Crippen LogP contribution in [0.2, 0.25) is 0 Å². The number of hydrogen-bond acceptors (Lipinski definition) is 3. The van der Waals surface area contributed by atoms with E-state index in [0.29, 0.717) is 11.8 Å². The molecule has 1 saturated carbocycles. The van der Waals surface area contributed by atoms with Gasteiger partial charge in [-0.3, -0.25) is 4.79 Å². The molecule has 1 aromatic carbocycles. The van der Waals surface area contributed by atoms with Crippen molar-refractivity contribution in [3.63, 3.8) is 0 Å². The molecular weight excluding hydrogens is 266 g/mol. The third kappa shape index (κ3) is 2.71. The zero-order valence-electron chi connectivity index (χ0n) is 13.0. The van der Waals surface area contributed by atoms with Gasteiger partial charge in [0.05, 0.1) is 14.2 Å². The third-order valence-corrected chi connectivity index (χ3v) is 4.75. The van der Waals surface area contributed by atoms with Gasteiger partial charge in [-0.1, -0.05) is 6.92 Å². The Balaban J connectivity index is 1.77. The molecule has 0 N–H and O–H groups in total. The van der Waals surface area contributed by atoms with E-state index in [9.17, 15) is 4.79 Å². The molecule has 0 aromatic heterocycles. The Morgan fingerprint density at radius 2 is 1.57 bits per heavy atom. The molecule has 1 aliphatic carbocycles. The number of fused-ring (bicyclic) bond motifs is 1. The molecule has 2 aliphatic rings. The van der Waals surface area contributed by atoms with E-state index in [0.717, 1.165) is 43.9 Å². The van der Waals surface area contributed by atoms with Gasteiger partial charge in [0, 0.05) is 19.0 Å². The Kier molecular flexibility index (Phi) is 3.79. The van der Waals surface area contributed by atoms with E-state index in [1.54, 1.807) is 14.2 Å². The maximum atomic E-state index is 12.4. The Labute approximate surface area is 126 Å². The summed E-state index contributed by atoms with van der Waals surface area (Å²) in [5.41, 5.74) is 2.54. The number of amides is 1. The van der Waals surface area contributed by atoms with Crippen LogP contribution in [-0.2, 0) is 17.6 Å². The summed E-state index contributed by atoms with van der Waals surface area (Å²) < 4.78 is 10.7. The summed E-state index contributed by atoms with van der Waals surface area (Å²) in [6.45, 7) is 3.78. The van der Waals surface area contributed by atoms with Crippen molar-refractivity contribution in [1.82, 2.24) is 4.90 Å². The molecular formula is C17H23NO3. The molecule has 4 heteroatoms. The maximum absolute atomic E-state index is 12.4. The number of hydrogen-bond donors (Lipinski definition) is 0. The molecule has 2 atom stereocenters. The summed E-state index contributed by atoms with van der Waals surface area (Å²) in [4.78, 5) is 14.4. The molecule has 1 heterocycles. The summed E-state index contributed by atoms with van der Waals surface area (Å²) in [5.74, 6) is 2.73. The van der Waals surface area contributed by atoms with Crippen LogP contribution in [0.1, 0.15) is 24.5 Å². The van der Waals surface area contributed by atoms with E-state index in [2.05, 4.69) is 19.1 Å². The summed E-state index contributed by atoms with van der Waals surface area (Å²) in [6.07, 6.45) is 2.84. The molecule has 114 valence electrons. The van der Waals surface area contributed by atoms with Crippen molar-refractivity contribution in [3.05, 3.63) is 23.3 Å². The highest BCUT2D eigenvalue weighted by molar-refractivity contribution is 5.81. The fraction of sp³-hybridized carbons (Fsp3) is 0.588. The van der Waals surface area contributed by atoms with Crippen LogP contribution < -0.4 is 9.47 Å². The molecule has 4 nitrogen and oxygen atoms in total. The molecule has 1 aromatic rings. The summed E-state index contributed by atoms with van der Waals surface area (Å²) in [5, 5.41) is 0. The Morgan fingerprint density at radius 1 is 1.10 bits per heavy atom. The zero-order valence-corrected chi connectivity index (χ0v) is 13.0. The molecule has 0 saturated heterocycles. The van der Waals surface area contributed by atoms with Gasteiger partial charge in [0.25, 0.3) is 0 Å². The number of nitrogens with zero attached hydrogens (tertiary/aromatic N) is 1. The molecule has 1 amide bonds. The maximum Gasteiger partial charge on any atom is 0.225 e. The minimum atomic E-state index is 0.273. The topological polar surface area (TPSA) is 38.8 Å². The van der Waals surface area contributed by atoms with Gasteiger partial charge in [-0.2, -0.15) is 0 Å². The summed E-state index contributed by atoms with van der Waals surface area (Å²) in [6, 6.07) is 4.11. The number of carbonyl (C=O) groups excluding carboxylic acids is 1. The van der Waals surface area contributed by atoms with Crippen LogP contribution in [0, 0.1) is 11.8 Å². The molecule has 0 radical (unpaired) electrons. The van der Waals surface area contributed by atoms with E-state index < -0.39 is 0 Å². The highest BCUT2D eigenvalue weighted by Crippen LogP contribution is 2.39. The third-order valence-electron chi connectivity index (χ3n) is 4.75. The minimum absolute atomic E-state index is 0.273. The van der Waals surface area contributed by atoms with Gasteiger partial charge < -0.3 is 14.4 Å². The van der Waals surface area contributed by atoms with Crippen LogP contribution in [0.15, 0.2) is 12.1 Å². The number of ether oxygens (including phenoxy) is 2. The highest BCUT2D eigenvalue weighted by atomic mass is 16.5. The molecule has 3 rings (SSSR count). The van der Waals surface area contributed by atoms with E-state index in [1.807, 2.05) is 4.90 Å². The first kappa shape index (κ1) is 14.2. The van der Waals surface area contributed by atoms with Crippen molar-refractivity contribution in [2.75, 3.05) is 27.3 Å². The first-order valence-electron chi connectivity index (χ1n) is 7.66. The van der Waals surface area contributed by atoms with E-state index in [1.165, 1.54) is 11.1 Å². The van der Waals surface area contributed by atoms with Crippen molar-refractivity contribution in [2.45, 2.75) is 26.2 Å². The smallest absolute Gasteiger partial charge is 0.225 e. The van der Waals surface area contributed by atoms with Crippen molar-refractivity contribution in [2.24, 2.45) is 11.8 Å².